The fourth-order valence-electron chi connectivity index (χ4n) is 0.577. The number of nitrogens with two attached hydrogens (primary N) is 1. The molecule has 0 aliphatic carbocycles. The maximum absolute atomic E-state index is 11.1. The molecule has 0 aromatic carbocycles. The molecule has 0 aliphatic heterocycles. The minimum atomic E-state index is -0.581. The minimum absolute atomic E-state index is 0.0414. The molecule has 3 N–H and O–H groups in total. The Morgan fingerprint density at radius 3 is 2.50 bits per heavy atom. The fourth-order valence-corrected chi connectivity index (χ4v) is 0.963. The van der Waals surface area contributed by atoms with Crippen LogP contribution in [0.15, 0.2) is 0 Å². The Balaban J connectivity index is 4.06. The number of amides is 1. The van der Waals surface area contributed by atoms with E-state index in [4.69, 9.17) is 18.0 Å². The van der Waals surface area contributed by atoms with E-state index in [0.29, 0.717) is 10.7 Å². The lowest BCUT2D eigenvalue weighted by Crippen LogP contribution is -2.52. The van der Waals surface area contributed by atoms with Gasteiger partial charge in [-0.3, -0.25) is 4.79 Å². The summed E-state index contributed by atoms with van der Waals surface area (Å²) in [6.07, 6.45) is 1.87. The molecular weight excluding hydrogens is 192 g/mol. The van der Waals surface area contributed by atoms with Gasteiger partial charge in [-0.05, 0) is 20.1 Å². The number of carbonyl (C=O) groups excluding carboxylic acids is 1. The zero-order chi connectivity index (χ0) is 9.78. The van der Waals surface area contributed by atoms with Crippen LogP contribution >= 0.6 is 24.0 Å². The number of rotatable bonds is 4. The third-order valence-corrected chi connectivity index (χ3v) is 2.40. The predicted octanol–water partition coefficient (Wildman–Crippen LogP) is 0.530. The molecule has 3 nitrogen and oxygen atoms in total. The summed E-state index contributed by atoms with van der Waals surface area (Å²) in [6, 6.07) is 0. The van der Waals surface area contributed by atoms with Crippen molar-refractivity contribution in [2.75, 3.05) is 12.0 Å². The SMILES string of the molecule is CSCC(=O)NC(C)(C)C(N)=S. The summed E-state index contributed by atoms with van der Waals surface area (Å²) in [7, 11) is 0. The lowest BCUT2D eigenvalue weighted by molar-refractivity contribution is -0.119. The van der Waals surface area contributed by atoms with E-state index < -0.39 is 5.54 Å². The van der Waals surface area contributed by atoms with Crippen molar-refractivity contribution in [2.45, 2.75) is 19.4 Å². The molecule has 70 valence electrons. The van der Waals surface area contributed by atoms with Gasteiger partial charge in [-0.15, -0.1) is 0 Å². The number of thioether (sulfide) groups is 1. The van der Waals surface area contributed by atoms with Crippen molar-refractivity contribution in [3.8, 4) is 0 Å². The van der Waals surface area contributed by atoms with Crippen LogP contribution in [-0.4, -0.2) is 28.4 Å². The molecule has 0 bridgehead atoms. The molecule has 0 fully saturated rings. The summed E-state index contributed by atoms with van der Waals surface area (Å²) < 4.78 is 0. The molecule has 0 saturated carbocycles. The average Bonchev–Trinajstić information content (AvgIpc) is 1.85. The molecule has 0 aromatic heterocycles. The van der Waals surface area contributed by atoms with Gasteiger partial charge >= 0.3 is 0 Å². The van der Waals surface area contributed by atoms with Gasteiger partial charge in [0.15, 0.2) is 0 Å². The van der Waals surface area contributed by atoms with Crippen molar-refractivity contribution in [3.05, 3.63) is 0 Å². The normalized spacial score (nSPS) is 10.9. The molecule has 0 saturated heterocycles. The summed E-state index contributed by atoms with van der Waals surface area (Å²) >= 11 is 6.26. The topological polar surface area (TPSA) is 55.1 Å². The second-order valence-electron chi connectivity index (χ2n) is 2.97. The fraction of sp³-hybridized carbons (Fsp3) is 0.714. The summed E-state index contributed by atoms with van der Waals surface area (Å²) in [4.78, 5) is 11.4. The van der Waals surface area contributed by atoms with Crippen LogP contribution in [0.5, 0.6) is 0 Å². The smallest absolute Gasteiger partial charge is 0.230 e. The van der Waals surface area contributed by atoms with E-state index in [2.05, 4.69) is 5.32 Å². The number of carbonyl (C=O) groups is 1. The average molecular weight is 206 g/mol. The van der Waals surface area contributed by atoms with Crippen LogP contribution in [0.25, 0.3) is 0 Å². The van der Waals surface area contributed by atoms with Crippen LogP contribution in [-0.2, 0) is 4.79 Å². The molecule has 0 rings (SSSR count). The van der Waals surface area contributed by atoms with Gasteiger partial charge in [-0.1, -0.05) is 12.2 Å². The van der Waals surface area contributed by atoms with E-state index in [1.165, 1.54) is 11.8 Å². The van der Waals surface area contributed by atoms with Crippen molar-refractivity contribution >= 4 is 34.9 Å². The zero-order valence-electron chi connectivity index (χ0n) is 7.51. The van der Waals surface area contributed by atoms with Crippen molar-refractivity contribution in [2.24, 2.45) is 5.73 Å². The summed E-state index contributed by atoms with van der Waals surface area (Å²) in [5.41, 5.74) is 4.84. The third-order valence-electron chi connectivity index (χ3n) is 1.34. The molecule has 0 atom stereocenters. The Morgan fingerprint density at radius 2 is 2.17 bits per heavy atom. The number of nitrogens with one attached hydrogen (secondary N) is 1. The highest BCUT2D eigenvalue weighted by molar-refractivity contribution is 7.99. The van der Waals surface area contributed by atoms with E-state index >= 15 is 0 Å². The summed E-state index contributed by atoms with van der Waals surface area (Å²) in [5.74, 6) is 0.395. The molecule has 0 heterocycles. The second kappa shape index (κ2) is 4.67. The Hall–Kier alpha value is -0.290. The van der Waals surface area contributed by atoms with Crippen LogP contribution < -0.4 is 11.1 Å². The van der Waals surface area contributed by atoms with Crippen molar-refractivity contribution in [1.82, 2.24) is 5.32 Å². The van der Waals surface area contributed by atoms with Gasteiger partial charge in [0.2, 0.25) is 5.91 Å². The minimum Gasteiger partial charge on any atom is -0.391 e. The lowest BCUT2D eigenvalue weighted by atomic mass is 10.1. The Labute approximate surface area is 82.5 Å². The molecule has 5 heteroatoms. The molecule has 0 aliphatic rings. The molecule has 0 unspecified atom stereocenters. The van der Waals surface area contributed by atoms with Crippen LogP contribution in [0, 0.1) is 0 Å². The van der Waals surface area contributed by atoms with Crippen molar-refractivity contribution in [3.63, 3.8) is 0 Å². The van der Waals surface area contributed by atoms with Crippen molar-refractivity contribution < 1.29 is 4.79 Å². The van der Waals surface area contributed by atoms with Gasteiger partial charge in [0.25, 0.3) is 0 Å². The zero-order valence-corrected chi connectivity index (χ0v) is 9.14. The first-order valence-electron chi connectivity index (χ1n) is 3.50. The van der Waals surface area contributed by atoms with Gasteiger partial charge in [-0.25, -0.2) is 0 Å². The first-order valence-corrected chi connectivity index (χ1v) is 5.30. The molecule has 0 aromatic rings. The largest absolute Gasteiger partial charge is 0.391 e. The Kier molecular flexibility index (Phi) is 4.55. The van der Waals surface area contributed by atoms with E-state index in [0.717, 1.165) is 0 Å². The van der Waals surface area contributed by atoms with Gasteiger partial charge in [0, 0.05) is 0 Å². The van der Waals surface area contributed by atoms with Gasteiger partial charge < -0.3 is 11.1 Å². The number of hydrogen-bond acceptors (Lipinski definition) is 3. The van der Waals surface area contributed by atoms with E-state index in [1.54, 1.807) is 13.8 Å². The van der Waals surface area contributed by atoms with E-state index in [9.17, 15) is 4.79 Å². The molecule has 12 heavy (non-hydrogen) atoms. The molecule has 0 spiro atoms. The van der Waals surface area contributed by atoms with Crippen LogP contribution in [0.4, 0.5) is 0 Å². The lowest BCUT2D eigenvalue weighted by Gasteiger charge is -2.24. The third kappa shape index (κ3) is 3.92. The second-order valence-corrected chi connectivity index (χ2v) is 4.28. The van der Waals surface area contributed by atoms with Crippen LogP contribution in [0.2, 0.25) is 0 Å². The highest BCUT2D eigenvalue weighted by atomic mass is 32.2. The van der Waals surface area contributed by atoms with Crippen molar-refractivity contribution in [1.29, 1.82) is 0 Å². The summed E-state index contributed by atoms with van der Waals surface area (Å²) in [6.45, 7) is 3.57. The first-order chi connectivity index (χ1) is 5.40. The highest BCUT2D eigenvalue weighted by Crippen LogP contribution is 2.02. The Bertz CT molecular complexity index is 192. The number of thiocarbonyl (C=S) groups is 1. The maximum atomic E-state index is 11.1. The van der Waals surface area contributed by atoms with E-state index in [-0.39, 0.29) is 5.91 Å². The first kappa shape index (κ1) is 11.7. The monoisotopic (exact) mass is 206 g/mol. The standard InChI is InChI=1S/C7H14N2OS2/c1-7(2,6(8)11)9-5(10)4-12-3/h4H2,1-3H3,(H2,8,11)(H,9,10). The van der Waals surface area contributed by atoms with Gasteiger partial charge in [0.1, 0.15) is 0 Å². The number of hydrogen-bond donors (Lipinski definition) is 2. The maximum Gasteiger partial charge on any atom is 0.230 e. The van der Waals surface area contributed by atoms with Crippen LogP contribution in [0.1, 0.15) is 13.8 Å². The molecule has 0 radical (unpaired) electrons. The predicted molar refractivity (Wildman–Crippen MR) is 57.4 cm³/mol. The Morgan fingerprint density at radius 1 is 1.67 bits per heavy atom. The van der Waals surface area contributed by atoms with Gasteiger partial charge in [0.05, 0.1) is 16.3 Å². The van der Waals surface area contributed by atoms with E-state index in [1.807, 2.05) is 6.26 Å². The van der Waals surface area contributed by atoms with Gasteiger partial charge in [-0.2, -0.15) is 11.8 Å². The quantitative estimate of drug-likeness (QED) is 0.659. The summed E-state index contributed by atoms with van der Waals surface area (Å²) in [5, 5.41) is 2.73. The van der Waals surface area contributed by atoms with Crippen LogP contribution in [0.3, 0.4) is 0 Å². The molecular formula is C7H14N2OS2. The highest BCUT2D eigenvalue weighted by Gasteiger charge is 2.22. The molecule has 1 amide bonds.